The van der Waals surface area contributed by atoms with E-state index in [2.05, 4.69) is 62.1 Å². The average Bonchev–Trinajstić information content (AvgIpc) is 2.58. The lowest BCUT2D eigenvalue weighted by Crippen LogP contribution is -2.31. The van der Waals surface area contributed by atoms with Crippen molar-refractivity contribution in [1.82, 2.24) is 4.90 Å². The third-order valence-electron chi connectivity index (χ3n) is 2.35. The van der Waals surface area contributed by atoms with Crippen LogP contribution in [0.4, 0.5) is 0 Å². The Hall–Kier alpha value is 0.620. The Bertz CT molecular complexity index is 286. The van der Waals surface area contributed by atoms with Gasteiger partial charge in [-0.3, -0.25) is 4.90 Å². The molecule has 0 aliphatic carbocycles. The minimum atomic E-state index is 0.609. The molecular formula is C11H17Br2NS. The highest BCUT2D eigenvalue weighted by Crippen LogP contribution is 2.24. The summed E-state index contributed by atoms with van der Waals surface area (Å²) in [4.78, 5) is 3.94. The summed E-state index contributed by atoms with van der Waals surface area (Å²) in [5.41, 5.74) is 0. The van der Waals surface area contributed by atoms with Gasteiger partial charge in [-0.25, -0.2) is 0 Å². The van der Waals surface area contributed by atoms with E-state index >= 15 is 0 Å². The van der Waals surface area contributed by atoms with Crippen molar-refractivity contribution < 1.29 is 0 Å². The van der Waals surface area contributed by atoms with Gasteiger partial charge in [-0.2, -0.15) is 0 Å². The summed E-state index contributed by atoms with van der Waals surface area (Å²) in [5, 5.41) is 3.23. The van der Waals surface area contributed by atoms with Crippen LogP contribution in [-0.2, 0) is 6.54 Å². The van der Waals surface area contributed by atoms with E-state index in [1.807, 2.05) is 11.3 Å². The van der Waals surface area contributed by atoms with E-state index < -0.39 is 0 Å². The molecule has 0 saturated heterocycles. The van der Waals surface area contributed by atoms with Crippen molar-refractivity contribution in [2.75, 3.05) is 11.9 Å². The van der Waals surface area contributed by atoms with Crippen LogP contribution in [-0.4, -0.2) is 22.8 Å². The topological polar surface area (TPSA) is 3.24 Å². The Kier molecular flexibility index (Phi) is 6.43. The number of hydrogen-bond acceptors (Lipinski definition) is 2. The van der Waals surface area contributed by atoms with Gasteiger partial charge in [-0.1, -0.05) is 15.9 Å². The molecule has 0 aliphatic rings. The van der Waals surface area contributed by atoms with Crippen molar-refractivity contribution in [3.8, 4) is 0 Å². The number of thiophene rings is 1. The molecule has 0 radical (unpaired) electrons. The monoisotopic (exact) mass is 353 g/mol. The fraction of sp³-hybridized carbons (Fsp3) is 0.636. The normalized spacial score (nSPS) is 11.6. The van der Waals surface area contributed by atoms with Gasteiger partial charge in [-0.05, 0) is 54.2 Å². The Morgan fingerprint density at radius 1 is 1.47 bits per heavy atom. The molecule has 0 aromatic carbocycles. The van der Waals surface area contributed by atoms with Crippen LogP contribution >= 0.6 is 43.2 Å². The average molecular weight is 355 g/mol. The Morgan fingerprint density at radius 3 is 2.67 bits per heavy atom. The summed E-state index contributed by atoms with van der Waals surface area (Å²) in [6, 6.07) is 2.74. The molecule has 86 valence electrons. The first-order valence-corrected chi connectivity index (χ1v) is 7.96. The largest absolute Gasteiger partial charge is 0.296 e. The fourth-order valence-corrected chi connectivity index (χ4v) is 3.16. The van der Waals surface area contributed by atoms with Crippen molar-refractivity contribution in [2.24, 2.45) is 0 Å². The van der Waals surface area contributed by atoms with Crippen LogP contribution in [0.15, 0.2) is 15.9 Å². The van der Waals surface area contributed by atoms with Gasteiger partial charge in [0.15, 0.2) is 0 Å². The Labute approximate surface area is 113 Å². The van der Waals surface area contributed by atoms with E-state index in [4.69, 9.17) is 0 Å². The molecular weight excluding hydrogens is 338 g/mol. The second-order valence-corrected chi connectivity index (χ2v) is 6.45. The van der Waals surface area contributed by atoms with E-state index in [9.17, 15) is 0 Å². The first kappa shape index (κ1) is 13.7. The summed E-state index contributed by atoms with van der Waals surface area (Å²) in [6.07, 6.45) is 1.21. The SMILES string of the molecule is CC(C)N(CCCBr)Cc1sccc1Br. The zero-order valence-corrected chi connectivity index (χ0v) is 13.2. The van der Waals surface area contributed by atoms with Gasteiger partial charge in [-0.15, -0.1) is 11.3 Å². The number of hydrogen-bond donors (Lipinski definition) is 0. The highest BCUT2D eigenvalue weighted by molar-refractivity contribution is 9.10. The molecule has 15 heavy (non-hydrogen) atoms. The predicted molar refractivity (Wildman–Crippen MR) is 76.0 cm³/mol. The maximum Gasteiger partial charge on any atom is 0.0341 e. The van der Waals surface area contributed by atoms with Crippen LogP contribution in [0.2, 0.25) is 0 Å². The zero-order chi connectivity index (χ0) is 11.3. The van der Waals surface area contributed by atoms with Crippen LogP contribution in [0.3, 0.4) is 0 Å². The van der Waals surface area contributed by atoms with E-state index in [0.29, 0.717) is 6.04 Å². The van der Waals surface area contributed by atoms with Gasteiger partial charge in [0.25, 0.3) is 0 Å². The van der Waals surface area contributed by atoms with Gasteiger partial charge in [0.2, 0.25) is 0 Å². The molecule has 0 atom stereocenters. The van der Waals surface area contributed by atoms with Gasteiger partial charge in [0.05, 0.1) is 0 Å². The number of alkyl halides is 1. The minimum absolute atomic E-state index is 0.609. The molecule has 0 spiro atoms. The number of halogens is 2. The maximum atomic E-state index is 3.59. The molecule has 0 amide bonds. The Balaban J connectivity index is 2.54. The number of nitrogens with zero attached hydrogens (tertiary/aromatic N) is 1. The van der Waals surface area contributed by atoms with Gasteiger partial charge >= 0.3 is 0 Å². The van der Waals surface area contributed by atoms with Crippen LogP contribution in [0.25, 0.3) is 0 Å². The second-order valence-electron chi connectivity index (χ2n) is 3.80. The lowest BCUT2D eigenvalue weighted by Gasteiger charge is -2.25. The molecule has 0 bridgehead atoms. The molecule has 0 unspecified atom stereocenters. The smallest absolute Gasteiger partial charge is 0.0341 e. The summed E-state index contributed by atoms with van der Waals surface area (Å²) < 4.78 is 1.25. The molecule has 4 heteroatoms. The maximum absolute atomic E-state index is 3.59. The summed E-state index contributed by atoms with van der Waals surface area (Å²) in [7, 11) is 0. The van der Waals surface area contributed by atoms with Gasteiger partial charge < -0.3 is 0 Å². The van der Waals surface area contributed by atoms with Crippen molar-refractivity contribution in [3.05, 3.63) is 20.8 Å². The van der Waals surface area contributed by atoms with Crippen LogP contribution in [0.1, 0.15) is 25.1 Å². The highest BCUT2D eigenvalue weighted by Gasteiger charge is 2.12. The summed E-state index contributed by atoms with van der Waals surface area (Å²) >= 11 is 8.90. The van der Waals surface area contributed by atoms with Crippen molar-refractivity contribution in [3.63, 3.8) is 0 Å². The fourth-order valence-electron chi connectivity index (χ4n) is 1.41. The van der Waals surface area contributed by atoms with Gasteiger partial charge in [0, 0.05) is 27.3 Å². The van der Waals surface area contributed by atoms with Crippen LogP contribution in [0.5, 0.6) is 0 Å². The summed E-state index contributed by atoms with van der Waals surface area (Å²) in [6.45, 7) is 6.74. The van der Waals surface area contributed by atoms with Gasteiger partial charge in [0.1, 0.15) is 0 Å². The zero-order valence-electron chi connectivity index (χ0n) is 9.17. The molecule has 1 rings (SSSR count). The van der Waals surface area contributed by atoms with Crippen molar-refractivity contribution in [1.29, 1.82) is 0 Å². The van der Waals surface area contributed by atoms with E-state index in [-0.39, 0.29) is 0 Å². The standard InChI is InChI=1S/C11H17Br2NS/c1-9(2)14(6-3-5-12)8-11-10(13)4-7-15-11/h4,7,9H,3,5-6,8H2,1-2H3. The van der Waals surface area contributed by atoms with Crippen molar-refractivity contribution >= 4 is 43.2 Å². The molecule has 0 fully saturated rings. The Morgan fingerprint density at radius 2 is 2.20 bits per heavy atom. The predicted octanol–water partition coefficient (Wildman–Crippen LogP) is 4.51. The lowest BCUT2D eigenvalue weighted by molar-refractivity contribution is 0.215. The van der Waals surface area contributed by atoms with E-state index in [0.717, 1.165) is 18.4 Å². The molecule has 1 nitrogen and oxygen atoms in total. The quantitative estimate of drug-likeness (QED) is 0.679. The third kappa shape index (κ3) is 4.55. The minimum Gasteiger partial charge on any atom is -0.296 e. The summed E-state index contributed by atoms with van der Waals surface area (Å²) in [5.74, 6) is 0. The third-order valence-corrected chi connectivity index (χ3v) is 4.82. The van der Waals surface area contributed by atoms with E-state index in [1.165, 1.54) is 15.8 Å². The van der Waals surface area contributed by atoms with E-state index in [1.54, 1.807) is 0 Å². The highest BCUT2D eigenvalue weighted by atomic mass is 79.9. The van der Waals surface area contributed by atoms with Crippen LogP contribution < -0.4 is 0 Å². The number of rotatable bonds is 6. The lowest BCUT2D eigenvalue weighted by atomic mass is 10.3. The second kappa shape index (κ2) is 7.05. The molecule has 0 N–H and O–H groups in total. The molecule has 1 aromatic rings. The molecule has 1 heterocycles. The van der Waals surface area contributed by atoms with Crippen molar-refractivity contribution in [2.45, 2.75) is 32.9 Å². The molecule has 0 saturated carbocycles. The van der Waals surface area contributed by atoms with Crippen LogP contribution in [0, 0.1) is 0 Å². The molecule has 1 aromatic heterocycles. The first-order chi connectivity index (χ1) is 7.15. The molecule has 0 aliphatic heterocycles. The first-order valence-electron chi connectivity index (χ1n) is 5.17.